The summed E-state index contributed by atoms with van der Waals surface area (Å²) in [5.41, 5.74) is 7.52. The van der Waals surface area contributed by atoms with Crippen molar-refractivity contribution in [2.45, 2.75) is 33.4 Å². The standard InChI is InChI=1S/C33H28Cl2N2O3/c1-19-21(3)37(18-22-11-13-23(14-12-22)26-7-4-5-8-27(26)33(39)40)30-16-15-24(17-28(19)30)32(38)36-20(2)25-9-6-10-29(34)31(25)35/h4-17,20H,18H2,1-3H3,(H,36,38)(H,39,40). The van der Waals surface area contributed by atoms with Crippen LogP contribution in [0.2, 0.25) is 10.0 Å². The van der Waals surface area contributed by atoms with Crippen LogP contribution in [-0.2, 0) is 6.54 Å². The van der Waals surface area contributed by atoms with Gasteiger partial charge in [-0.25, -0.2) is 4.79 Å². The fraction of sp³-hybridized carbons (Fsp3) is 0.152. The second kappa shape index (κ2) is 11.2. The average Bonchev–Trinajstić information content (AvgIpc) is 3.19. The zero-order chi connectivity index (χ0) is 28.6. The Labute approximate surface area is 243 Å². The van der Waals surface area contributed by atoms with Crippen molar-refractivity contribution in [3.8, 4) is 11.1 Å². The number of rotatable bonds is 7. The van der Waals surface area contributed by atoms with Gasteiger partial charge in [-0.2, -0.15) is 0 Å². The highest BCUT2D eigenvalue weighted by molar-refractivity contribution is 6.42. The van der Waals surface area contributed by atoms with Crippen molar-refractivity contribution in [1.82, 2.24) is 9.88 Å². The Bertz CT molecular complexity index is 1760. The molecule has 202 valence electrons. The van der Waals surface area contributed by atoms with Gasteiger partial charge in [-0.15, -0.1) is 0 Å². The van der Waals surface area contributed by atoms with Gasteiger partial charge in [0, 0.05) is 28.7 Å². The number of aromatic nitrogens is 1. The van der Waals surface area contributed by atoms with Crippen LogP contribution in [0, 0.1) is 13.8 Å². The zero-order valence-corrected chi connectivity index (χ0v) is 23.8. The number of carboxylic acid groups (broad SMARTS) is 1. The van der Waals surface area contributed by atoms with Crippen molar-refractivity contribution in [1.29, 1.82) is 0 Å². The van der Waals surface area contributed by atoms with Crippen LogP contribution < -0.4 is 5.32 Å². The number of nitrogens with one attached hydrogen (secondary N) is 1. The number of benzene rings is 4. The number of fused-ring (bicyclic) bond motifs is 1. The highest BCUT2D eigenvalue weighted by Gasteiger charge is 2.18. The predicted octanol–water partition coefficient (Wildman–Crippen LogP) is 8.47. The molecule has 7 heteroatoms. The first-order valence-corrected chi connectivity index (χ1v) is 13.7. The van der Waals surface area contributed by atoms with E-state index in [9.17, 15) is 14.7 Å². The summed E-state index contributed by atoms with van der Waals surface area (Å²) in [4.78, 5) is 24.8. The molecule has 1 aromatic heterocycles. The summed E-state index contributed by atoms with van der Waals surface area (Å²) >= 11 is 12.5. The van der Waals surface area contributed by atoms with Crippen LogP contribution in [0.1, 0.15) is 56.1 Å². The van der Waals surface area contributed by atoms with E-state index >= 15 is 0 Å². The van der Waals surface area contributed by atoms with Gasteiger partial charge in [0.05, 0.1) is 21.7 Å². The van der Waals surface area contributed by atoms with Gasteiger partial charge in [0.25, 0.3) is 5.91 Å². The minimum atomic E-state index is -0.944. The Morgan fingerprint density at radius 3 is 2.38 bits per heavy atom. The number of halogens is 2. The molecule has 40 heavy (non-hydrogen) atoms. The second-order valence-electron chi connectivity index (χ2n) is 9.91. The van der Waals surface area contributed by atoms with Crippen LogP contribution in [0.5, 0.6) is 0 Å². The number of hydrogen-bond acceptors (Lipinski definition) is 2. The lowest BCUT2D eigenvalue weighted by Gasteiger charge is -2.16. The molecule has 5 nitrogen and oxygen atoms in total. The number of amides is 1. The molecular formula is C33H28Cl2N2O3. The molecule has 0 spiro atoms. The monoisotopic (exact) mass is 570 g/mol. The maximum absolute atomic E-state index is 13.1. The number of hydrogen-bond donors (Lipinski definition) is 2. The Morgan fingerprint density at radius 2 is 1.65 bits per heavy atom. The van der Waals surface area contributed by atoms with Gasteiger partial charge >= 0.3 is 5.97 Å². The molecule has 1 heterocycles. The van der Waals surface area contributed by atoms with Crippen molar-refractivity contribution < 1.29 is 14.7 Å². The van der Waals surface area contributed by atoms with Crippen LogP contribution in [0.4, 0.5) is 0 Å². The number of aromatic carboxylic acids is 1. The van der Waals surface area contributed by atoms with Crippen LogP contribution in [0.3, 0.4) is 0 Å². The van der Waals surface area contributed by atoms with Crippen LogP contribution in [0.15, 0.2) is 84.9 Å². The van der Waals surface area contributed by atoms with Crippen LogP contribution in [0.25, 0.3) is 22.0 Å². The predicted molar refractivity (Wildman–Crippen MR) is 162 cm³/mol. The maximum atomic E-state index is 13.1. The molecule has 0 saturated heterocycles. The minimum absolute atomic E-state index is 0.188. The molecule has 1 amide bonds. The van der Waals surface area contributed by atoms with Crippen molar-refractivity contribution in [3.05, 3.63) is 128 Å². The molecule has 0 saturated carbocycles. The SMILES string of the molecule is Cc1c(C)n(Cc2ccc(-c3ccccc3C(=O)O)cc2)c2ccc(C(=O)NC(C)c3cccc(Cl)c3Cl)cc12. The fourth-order valence-electron chi connectivity index (χ4n) is 5.10. The van der Waals surface area contributed by atoms with E-state index in [1.54, 1.807) is 18.2 Å². The van der Waals surface area contributed by atoms with Gasteiger partial charge in [0.15, 0.2) is 0 Å². The van der Waals surface area contributed by atoms with Crippen LogP contribution in [-0.4, -0.2) is 21.6 Å². The zero-order valence-electron chi connectivity index (χ0n) is 22.3. The molecule has 5 rings (SSSR count). The summed E-state index contributed by atoms with van der Waals surface area (Å²) in [6.45, 7) is 6.67. The highest BCUT2D eigenvalue weighted by Crippen LogP contribution is 2.31. The summed E-state index contributed by atoms with van der Waals surface area (Å²) in [7, 11) is 0. The summed E-state index contributed by atoms with van der Waals surface area (Å²) in [5, 5.41) is 14.5. The summed E-state index contributed by atoms with van der Waals surface area (Å²) in [6, 6.07) is 25.8. The van der Waals surface area contributed by atoms with Crippen molar-refractivity contribution in [2.24, 2.45) is 0 Å². The normalized spacial score (nSPS) is 11.9. The van der Waals surface area contributed by atoms with E-state index < -0.39 is 5.97 Å². The van der Waals surface area contributed by atoms with E-state index in [-0.39, 0.29) is 17.5 Å². The van der Waals surface area contributed by atoms with Crippen molar-refractivity contribution in [3.63, 3.8) is 0 Å². The molecule has 2 N–H and O–H groups in total. The van der Waals surface area contributed by atoms with E-state index in [1.165, 1.54) is 0 Å². The van der Waals surface area contributed by atoms with Crippen molar-refractivity contribution >= 4 is 46.0 Å². The topological polar surface area (TPSA) is 71.3 Å². The molecule has 0 aliphatic rings. The second-order valence-corrected chi connectivity index (χ2v) is 10.7. The molecule has 1 unspecified atom stereocenters. The van der Waals surface area contributed by atoms with Gasteiger partial charge in [-0.3, -0.25) is 4.79 Å². The third-order valence-electron chi connectivity index (χ3n) is 7.46. The third-order valence-corrected chi connectivity index (χ3v) is 8.29. The fourth-order valence-corrected chi connectivity index (χ4v) is 5.57. The van der Waals surface area contributed by atoms with E-state index in [0.29, 0.717) is 27.7 Å². The summed E-state index contributed by atoms with van der Waals surface area (Å²) < 4.78 is 2.24. The number of nitrogens with zero attached hydrogens (tertiary/aromatic N) is 1. The van der Waals surface area contributed by atoms with E-state index in [0.717, 1.165) is 38.9 Å². The molecule has 1 atom stereocenters. The highest BCUT2D eigenvalue weighted by atomic mass is 35.5. The smallest absolute Gasteiger partial charge is 0.336 e. The lowest BCUT2D eigenvalue weighted by molar-refractivity contribution is 0.0697. The Balaban J connectivity index is 1.39. The molecule has 0 aliphatic carbocycles. The maximum Gasteiger partial charge on any atom is 0.336 e. The molecule has 0 radical (unpaired) electrons. The van der Waals surface area contributed by atoms with Crippen LogP contribution >= 0.6 is 23.2 Å². The van der Waals surface area contributed by atoms with E-state index in [4.69, 9.17) is 23.2 Å². The number of carboxylic acids is 1. The molecule has 0 bridgehead atoms. The summed E-state index contributed by atoms with van der Waals surface area (Å²) in [6.07, 6.45) is 0. The number of carbonyl (C=O) groups excluding carboxylic acids is 1. The molecule has 0 fully saturated rings. The molecule has 0 aliphatic heterocycles. The quantitative estimate of drug-likeness (QED) is 0.206. The Kier molecular flexibility index (Phi) is 7.70. The van der Waals surface area contributed by atoms with Gasteiger partial charge in [0.1, 0.15) is 0 Å². The third kappa shape index (κ3) is 5.23. The minimum Gasteiger partial charge on any atom is -0.478 e. The Hall–Kier alpha value is -4.06. The van der Waals surface area contributed by atoms with Gasteiger partial charge < -0.3 is 15.0 Å². The summed E-state index contributed by atoms with van der Waals surface area (Å²) in [5.74, 6) is -1.13. The van der Waals surface area contributed by atoms with Gasteiger partial charge in [0.2, 0.25) is 0 Å². The first-order valence-electron chi connectivity index (χ1n) is 12.9. The number of aryl methyl sites for hydroxylation is 1. The largest absolute Gasteiger partial charge is 0.478 e. The molecule has 4 aromatic carbocycles. The average molecular weight is 572 g/mol. The van der Waals surface area contributed by atoms with Crippen molar-refractivity contribution in [2.75, 3.05) is 0 Å². The first kappa shape index (κ1) is 27.5. The Morgan fingerprint density at radius 1 is 0.925 bits per heavy atom. The van der Waals surface area contributed by atoms with Gasteiger partial charge in [-0.1, -0.05) is 77.8 Å². The van der Waals surface area contributed by atoms with E-state index in [2.05, 4.69) is 23.7 Å². The molecular weight excluding hydrogens is 543 g/mol. The lowest BCUT2D eigenvalue weighted by Crippen LogP contribution is -2.26. The van der Waals surface area contributed by atoms with E-state index in [1.807, 2.05) is 73.7 Å². The molecule has 5 aromatic rings. The number of carbonyl (C=O) groups is 2. The van der Waals surface area contributed by atoms with Gasteiger partial charge in [-0.05, 0) is 78.9 Å². The first-order chi connectivity index (χ1) is 19.2. The lowest BCUT2D eigenvalue weighted by atomic mass is 9.99.